The minimum atomic E-state index is 0.110. The van der Waals surface area contributed by atoms with E-state index < -0.39 is 0 Å². The van der Waals surface area contributed by atoms with Crippen LogP contribution in [0.4, 0.5) is 0 Å². The van der Waals surface area contributed by atoms with E-state index >= 15 is 0 Å². The van der Waals surface area contributed by atoms with Crippen molar-refractivity contribution in [2.75, 3.05) is 20.1 Å². The third-order valence-electron chi connectivity index (χ3n) is 4.37. The fraction of sp³-hybridized carbons (Fsp3) is 0.938. The molecule has 1 fully saturated rings. The summed E-state index contributed by atoms with van der Waals surface area (Å²) in [6, 6.07) is 1.03. The van der Waals surface area contributed by atoms with Crippen LogP contribution in [0.25, 0.3) is 0 Å². The van der Waals surface area contributed by atoms with Crippen molar-refractivity contribution >= 4 is 5.91 Å². The lowest BCUT2D eigenvalue weighted by molar-refractivity contribution is -0.136. The van der Waals surface area contributed by atoms with Gasteiger partial charge in [-0.15, -0.1) is 0 Å². The van der Waals surface area contributed by atoms with Crippen LogP contribution in [0.5, 0.6) is 0 Å². The summed E-state index contributed by atoms with van der Waals surface area (Å²) in [6.07, 6.45) is 3.51. The molecule has 2 atom stereocenters. The Balaban J connectivity index is 2.46. The van der Waals surface area contributed by atoms with Crippen LogP contribution >= 0.6 is 0 Å². The molecule has 1 aliphatic rings. The highest BCUT2D eigenvalue weighted by Gasteiger charge is 2.30. The summed E-state index contributed by atoms with van der Waals surface area (Å²) in [7, 11) is 1.98. The first-order valence-corrected chi connectivity index (χ1v) is 7.83. The molecule has 3 nitrogen and oxygen atoms in total. The number of amides is 1. The maximum absolute atomic E-state index is 12.1. The second-order valence-corrected chi connectivity index (χ2v) is 6.85. The lowest BCUT2D eigenvalue weighted by atomic mass is 9.95. The van der Waals surface area contributed by atoms with Crippen LogP contribution in [0.3, 0.4) is 0 Å². The van der Waals surface area contributed by atoms with E-state index in [0.29, 0.717) is 12.1 Å². The number of hydrogen-bond donors (Lipinski definition) is 0. The van der Waals surface area contributed by atoms with Gasteiger partial charge in [-0.1, -0.05) is 27.7 Å². The summed E-state index contributed by atoms with van der Waals surface area (Å²) >= 11 is 0. The predicted octanol–water partition coefficient (Wildman–Crippen LogP) is 3.00. The van der Waals surface area contributed by atoms with Gasteiger partial charge in [-0.3, -0.25) is 4.79 Å². The number of hydrogen-bond acceptors (Lipinski definition) is 2. The van der Waals surface area contributed by atoms with E-state index in [0.717, 1.165) is 25.3 Å². The van der Waals surface area contributed by atoms with E-state index in [1.807, 2.05) is 25.8 Å². The van der Waals surface area contributed by atoms with Gasteiger partial charge in [0, 0.05) is 31.6 Å². The summed E-state index contributed by atoms with van der Waals surface area (Å²) in [6.45, 7) is 13.2. The van der Waals surface area contributed by atoms with Crippen molar-refractivity contribution < 1.29 is 4.79 Å². The molecule has 0 aromatic heterocycles. The molecule has 1 aliphatic heterocycles. The van der Waals surface area contributed by atoms with E-state index in [2.05, 4.69) is 25.7 Å². The van der Waals surface area contributed by atoms with Crippen LogP contribution in [0, 0.1) is 11.8 Å². The maximum atomic E-state index is 12.1. The van der Waals surface area contributed by atoms with Gasteiger partial charge in [-0.05, 0) is 38.6 Å². The van der Waals surface area contributed by atoms with Crippen molar-refractivity contribution in [2.45, 2.75) is 66.0 Å². The minimum Gasteiger partial charge on any atom is -0.342 e. The first-order valence-electron chi connectivity index (χ1n) is 7.83. The number of carbonyl (C=O) groups excluding carboxylic acids is 1. The minimum absolute atomic E-state index is 0.110. The fourth-order valence-corrected chi connectivity index (χ4v) is 2.89. The Kier molecular flexibility index (Phi) is 6.31. The number of rotatable bonds is 5. The van der Waals surface area contributed by atoms with Gasteiger partial charge in [0.1, 0.15) is 0 Å². The van der Waals surface area contributed by atoms with E-state index in [-0.39, 0.29) is 11.8 Å². The van der Waals surface area contributed by atoms with Gasteiger partial charge in [-0.2, -0.15) is 0 Å². The van der Waals surface area contributed by atoms with Gasteiger partial charge < -0.3 is 9.80 Å². The lowest BCUT2D eigenvalue weighted by Gasteiger charge is -2.41. The summed E-state index contributed by atoms with van der Waals surface area (Å²) in [5.74, 6) is 1.17. The molecule has 112 valence electrons. The van der Waals surface area contributed by atoms with Gasteiger partial charge in [0.25, 0.3) is 0 Å². The van der Waals surface area contributed by atoms with Crippen molar-refractivity contribution in [2.24, 2.45) is 11.8 Å². The van der Waals surface area contributed by atoms with Crippen molar-refractivity contribution in [3.8, 4) is 0 Å². The molecule has 1 amide bonds. The second kappa shape index (κ2) is 7.28. The fourth-order valence-electron chi connectivity index (χ4n) is 2.89. The quantitative estimate of drug-likeness (QED) is 0.765. The van der Waals surface area contributed by atoms with E-state index in [1.54, 1.807) is 0 Å². The Labute approximate surface area is 119 Å². The molecule has 0 aromatic carbocycles. The molecule has 0 spiro atoms. The third-order valence-corrected chi connectivity index (χ3v) is 4.37. The zero-order chi connectivity index (χ0) is 14.6. The molecular weight excluding hydrogens is 236 g/mol. The van der Waals surface area contributed by atoms with Crippen molar-refractivity contribution in [3.05, 3.63) is 0 Å². The molecule has 19 heavy (non-hydrogen) atoms. The zero-order valence-corrected chi connectivity index (χ0v) is 13.6. The standard InChI is InChI=1S/C16H32N2O/c1-12(2)7-9-18-10-8-15(11-14(18)5)17(6)16(19)13(3)4/h12-15H,7-11H2,1-6H3/t14-,15-/m0/s1. The van der Waals surface area contributed by atoms with Gasteiger partial charge in [0.2, 0.25) is 5.91 Å². The first-order chi connectivity index (χ1) is 8.82. The molecule has 0 radical (unpaired) electrons. The Morgan fingerprint density at radius 1 is 1.32 bits per heavy atom. The predicted molar refractivity (Wildman–Crippen MR) is 81.1 cm³/mol. The maximum Gasteiger partial charge on any atom is 0.225 e. The molecule has 0 aromatic rings. The van der Waals surface area contributed by atoms with Gasteiger partial charge in [-0.25, -0.2) is 0 Å². The summed E-state index contributed by atoms with van der Waals surface area (Å²) < 4.78 is 0. The normalized spacial score (nSPS) is 25.1. The first kappa shape index (κ1) is 16.5. The molecule has 0 saturated carbocycles. The van der Waals surface area contributed by atoms with Crippen LogP contribution in [-0.2, 0) is 4.79 Å². The smallest absolute Gasteiger partial charge is 0.225 e. The van der Waals surface area contributed by atoms with Crippen LogP contribution in [0.2, 0.25) is 0 Å². The summed E-state index contributed by atoms with van der Waals surface area (Å²) in [5, 5.41) is 0. The number of carbonyl (C=O) groups is 1. The van der Waals surface area contributed by atoms with Crippen LogP contribution in [0.1, 0.15) is 53.9 Å². The zero-order valence-electron chi connectivity index (χ0n) is 13.6. The van der Waals surface area contributed by atoms with Gasteiger partial charge >= 0.3 is 0 Å². The Morgan fingerprint density at radius 2 is 1.95 bits per heavy atom. The molecule has 1 rings (SSSR count). The van der Waals surface area contributed by atoms with Crippen LogP contribution in [-0.4, -0.2) is 47.9 Å². The highest BCUT2D eigenvalue weighted by atomic mass is 16.2. The highest BCUT2D eigenvalue weighted by Crippen LogP contribution is 2.22. The Hall–Kier alpha value is -0.570. The van der Waals surface area contributed by atoms with Crippen molar-refractivity contribution in [1.29, 1.82) is 0 Å². The number of piperidine rings is 1. The van der Waals surface area contributed by atoms with Crippen molar-refractivity contribution in [1.82, 2.24) is 9.80 Å². The molecule has 0 unspecified atom stereocenters. The average Bonchev–Trinajstić information content (AvgIpc) is 2.35. The topological polar surface area (TPSA) is 23.6 Å². The van der Waals surface area contributed by atoms with Gasteiger partial charge in [0.15, 0.2) is 0 Å². The number of likely N-dealkylation sites (tertiary alicyclic amines) is 1. The van der Waals surface area contributed by atoms with E-state index in [4.69, 9.17) is 0 Å². The molecule has 3 heteroatoms. The number of nitrogens with zero attached hydrogens (tertiary/aromatic N) is 2. The largest absolute Gasteiger partial charge is 0.342 e. The summed E-state index contributed by atoms with van der Waals surface area (Å²) in [4.78, 5) is 16.6. The molecule has 0 aliphatic carbocycles. The van der Waals surface area contributed by atoms with E-state index in [1.165, 1.54) is 13.0 Å². The molecule has 1 heterocycles. The van der Waals surface area contributed by atoms with Crippen LogP contribution in [0.15, 0.2) is 0 Å². The molecule has 0 N–H and O–H groups in total. The van der Waals surface area contributed by atoms with Crippen LogP contribution < -0.4 is 0 Å². The summed E-state index contributed by atoms with van der Waals surface area (Å²) in [5.41, 5.74) is 0. The molecule has 0 bridgehead atoms. The van der Waals surface area contributed by atoms with Crippen molar-refractivity contribution in [3.63, 3.8) is 0 Å². The Morgan fingerprint density at radius 3 is 2.42 bits per heavy atom. The highest BCUT2D eigenvalue weighted by molar-refractivity contribution is 5.78. The average molecular weight is 268 g/mol. The monoisotopic (exact) mass is 268 g/mol. The van der Waals surface area contributed by atoms with Gasteiger partial charge in [0.05, 0.1) is 0 Å². The second-order valence-electron chi connectivity index (χ2n) is 6.85. The third kappa shape index (κ3) is 4.79. The molecule has 1 saturated heterocycles. The Bertz CT molecular complexity index is 288. The van der Waals surface area contributed by atoms with E-state index in [9.17, 15) is 4.79 Å². The molecular formula is C16H32N2O. The SMILES string of the molecule is CC(C)CCN1CC[C@H](N(C)C(=O)C(C)C)C[C@@H]1C. The lowest BCUT2D eigenvalue weighted by Crippen LogP contribution is -2.50.